The highest BCUT2D eigenvalue weighted by molar-refractivity contribution is 8.00. The van der Waals surface area contributed by atoms with Crippen LogP contribution in [-0.2, 0) is 4.79 Å². The first kappa shape index (κ1) is 18.1. The minimum atomic E-state index is -0.247. The van der Waals surface area contributed by atoms with E-state index < -0.39 is 0 Å². The van der Waals surface area contributed by atoms with E-state index in [-0.39, 0.29) is 11.7 Å². The molecule has 0 fully saturated rings. The lowest BCUT2D eigenvalue weighted by Gasteiger charge is -2.26. The number of benzene rings is 2. The molecule has 1 N–H and O–H groups in total. The molecule has 0 aliphatic carbocycles. The number of aromatic nitrogens is 1. The number of thioether (sulfide) groups is 1. The number of hydrogen-bond acceptors (Lipinski definition) is 2. The molecule has 1 aromatic heterocycles. The molecule has 27 heavy (non-hydrogen) atoms. The van der Waals surface area contributed by atoms with Crippen LogP contribution < -0.4 is 0 Å². The minimum Gasteiger partial charge on any atom is -0.360 e. The number of carbonyl (C=O) groups is 1. The summed E-state index contributed by atoms with van der Waals surface area (Å²) in [6.45, 7) is 1.29. The van der Waals surface area contributed by atoms with Crippen LogP contribution in [0.1, 0.15) is 12.0 Å². The van der Waals surface area contributed by atoms with Crippen LogP contribution in [0.2, 0.25) is 5.02 Å². The molecule has 2 aromatic carbocycles. The molecule has 0 radical (unpaired) electrons. The summed E-state index contributed by atoms with van der Waals surface area (Å²) in [6, 6.07) is 12.3. The molecular formula is C21H18ClFN2OS. The van der Waals surface area contributed by atoms with Gasteiger partial charge in [-0.05, 0) is 54.5 Å². The number of hydrogen-bond donors (Lipinski definition) is 1. The van der Waals surface area contributed by atoms with Crippen molar-refractivity contribution in [3.8, 4) is 0 Å². The highest BCUT2D eigenvalue weighted by atomic mass is 35.5. The Morgan fingerprint density at radius 2 is 2.04 bits per heavy atom. The van der Waals surface area contributed by atoms with E-state index in [0.717, 1.165) is 27.8 Å². The summed E-state index contributed by atoms with van der Waals surface area (Å²) < 4.78 is 13.4. The molecule has 0 saturated carbocycles. The number of rotatable bonds is 4. The first-order valence-corrected chi connectivity index (χ1v) is 10.1. The van der Waals surface area contributed by atoms with Crippen molar-refractivity contribution in [1.82, 2.24) is 9.88 Å². The molecule has 1 amide bonds. The van der Waals surface area contributed by atoms with Crippen molar-refractivity contribution >= 4 is 45.7 Å². The average Bonchev–Trinajstić information content (AvgIpc) is 3.10. The summed E-state index contributed by atoms with van der Waals surface area (Å²) in [5.74, 6) is 0.298. The Hall–Kier alpha value is -2.24. The number of H-pyrrole nitrogens is 1. The maximum absolute atomic E-state index is 13.4. The van der Waals surface area contributed by atoms with Crippen molar-refractivity contribution in [2.45, 2.75) is 11.3 Å². The van der Waals surface area contributed by atoms with Gasteiger partial charge in [-0.2, -0.15) is 0 Å². The van der Waals surface area contributed by atoms with E-state index in [1.165, 1.54) is 29.5 Å². The predicted octanol–water partition coefficient (Wildman–Crippen LogP) is 5.37. The molecule has 1 aliphatic rings. The van der Waals surface area contributed by atoms with Crippen molar-refractivity contribution in [3.63, 3.8) is 0 Å². The van der Waals surface area contributed by atoms with Crippen LogP contribution in [0.5, 0.6) is 0 Å². The van der Waals surface area contributed by atoms with Gasteiger partial charge in [0, 0.05) is 45.7 Å². The number of fused-ring (bicyclic) bond motifs is 1. The van der Waals surface area contributed by atoms with E-state index in [0.29, 0.717) is 23.9 Å². The van der Waals surface area contributed by atoms with Crippen molar-refractivity contribution in [2.75, 3.05) is 18.8 Å². The fourth-order valence-electron chi connectivity index (χ4n) is 3.27. The zero-order valence-corrected chi connectivity index (χ0v) is 16.1. The Bertz CT molecular complexity index is 1010. The van der Waals surface area contributed by atoms with Crippen molar-refractivity contribution in [3.05, 3.63) is 71.1 Å². The van der Waals surface area contributed by atoms with E-state index in [4.69, 9.17) is 11.6 Å². The molecule has 0 atom stereocenters. The highest BCUT2D eigenvalue weighted by Crippen LogP contribution is 2.30. The molecule has 0 unspecified atom stereocenters. The van der Waals surface area contributed by atoms with Gasteiger partial charge in [0.2, 0.25) is 5.91 Å². The minimum absolute atomic E-state index is 0.131. The van der Waals surface area contributed by atoms with E-state index in [1.807, 2.05) is 35.4 Å². The molecule has 3 aromatic rings. The van der Waals surface area contributed by atoms with Gasteiger partial charge in [-0.25, -0.2) is 4.39 Å². The summed E-state index contributed by atoms with van der Waals surface area (Å²) in [7, 11) is 0. The molecule has 0 bridgehead atoms. The number of amides is 1. The van der Waals surface area contributed by atoms with Gasteiger partial charge in [-0.15, -0.1) is 11.8 Å². The zero-order valence-electron chi connectivity index (χ0n) is 14.5. The average molecular weight is 401 g/mol. The first-order valence-electron chi connectivity index (χ1n) is 8.72. The second kappa shape index (κ2) is 7.79. The van der Waals surface area contributed by atoms with Crippen LogP contribution in [0, 0.1) is 5.82 Å². The second-order valence-corrected chi connectivity index (χ2v) is 7.94. The monoisotopic (exact) mass is 400 g/mol. The summed E-state index contributed by atoms with van der Waals surface area (Å²) in [6.07, 6.45) is 4.81. The predicted molar refractivity (Wildman–Crippen MR) is 110 cm³/mol. The van der Waals surface area contributed by atoms with Crippen molar-refractivity contribution < 1.29 is 9.18 Å². The summed E-state index contributed by atoms with van der Waals surface area (Å²) in [4.78, 5) is 18.5. The highest BCUT2D eigenvalue weighted by Gasteiger charge is 2.19. The van der Waals surface area contributed by atoms with Crippen molar-refractivity contribution in [1.29, 1.82) is 0 Å². The third-order valence-corrected chi connectivity index (χ3v) is 5.98. The third kappa shape index (κ3) is 4.04. The quantitative estimate of drug-likeness (QED) is 0.598. The van der Waals surface area contributed by atoms with Crippen LogP contribution in [0.15, 0.2) is 59.6 Å². The molecule has 6 heteroatoms. The molecule has 0 spiro atoms. The SMILES string of the molecule is O=C(CSc1ccc(Cl)cc1)N1CC=C(c2c[nH]c3cc(F)ccc23)CC1. The summed E-state index contributed by atoms with van der Waals surface area (Å²) in [5, 5.41) is 1.71. The number of aromatic amines is 1. The van der Waals surface area contributed by atoms with Gasteiger partial charge >= 0.3 is 0 Å². The fourth-order valence-corrected chi connectivity index (χ4v) is 4.20. The van der Waals surface area contributed by atoms with Gasteiger partial charge in [0.25, 0.3) is 0 Å². The molecule has 1 aliphatic heterocycles. The summed E-state index contributed by atoms with van der Waals surface area (Å²) >= 11 is 7.41. The number of nitrogens with one attached hydrogen (secondary N) is 1. The number of nitrogens with zero attached hydrogens (tertiary/aromatic N) is 1. The Labute approximate surface area is 166 Å². The standard InChI is InChI=1S/C21H18ClFN2OS/c22-15-1-4-17(5-2-15)27-13-21(26)25-9-7-14(8-10-25)19-12-24-20-11-16(23)3-6-18(19)20/h1-7,11-12,24H,8-10,13H2. The maximum atomic E-state index is 13.4. The van der Waals surface area contributed by atoms with Crippen LogP contribution in [0.3, 0.4) is 0 Å². The van der Waals surface area contributed by atoms with Crippen LogP contribution in [-0.4, -0.2) is 34.6 Å². The van der Waals surface area contributed by atoms with Gasteiger partial charge in [0.05, 0.1) is 5.75 Å². The van der Waals surface area contributed by atoms with E-state index in [1.54, 1.807) is 6.07 Å². The van der Waals surface area contributed by atoms with Gasteiger partial charge in [-0.3, -0.25) is 4.79 Å². The number of halogens is 2. The summed E-state index contributed by atoms with van der Waals surface area (Å²) in [5.41, 5.74) is 3.08. The van der Waals surface area contributed by atoms with Crippen LogP contribution in [0.25, 0.3) is 16.5 Å². The van der Waals surface area contributed by atoms with E-state index in [9.17, 15) is 9.18 Å². The molecule has 138 valence electrons. The Balaban J connectivity index is 1.40. The smallest absolute Gasteiger partial charge is 0.233 e. The Morgan fingerprint density at radius 1 is 1.22 bits per heavy atom. The lowest BCUT2D eigenvalue weighted by atomic mass is 9.99. The molecule has 0 saturated heterocycles. The van der Waals surface area contributed by atoms with Gasteiger partial charge < -0.3 is 9.88 Å². The van der Waals surface area contributed by atoms with Gasteiger partial charge in [-0.1, -0.05) is 17.7 Å². The maximum Gasteiger partial charge on any atom is 0.233 e. The zero-order chi connectivity index (χ0) is 18.8. The molecule has 3 nitrogen and oxygen atoms in total. The van der Waals surface area contributed by atoms with Gasteiger partial charge in [0.1, 0.15) is 5.82 Å². The molecule has 4 rings (SSSR count). The van der Waals surface area contributed by atoms with Gasteiger partial charge in [0.15, 0.2) is 0 Å². The van der Waals surface area contributed by atoms with Crippen LogP contribution in [0.4, 0.5) is 4.39 Å². The van der Waals surface area contributed by atoms with E-state index in [2.05, 4.69) is 11.1 Å². The third-order valence-electron chi connectivity index (χ3n) is 4.73. The Kier molecular flexibility index (Phi) is 5.23. The first-order chi connectivity index (χ1) is 13.1. The topological polar surface area (TPSA) is 36.1 Å². The normalized spacial score (nSPS) is 14.4. The largest absolute Gasteiger partial charge is 0.360 e. The van der Waals surface area contributed by atoms with Crippen molar-refractivity contribution in [2.24, 2.45) is 0 Å². The number of carbonyl (C=O) groups excluding carboxylic acids is 1. The second-order valence-electron chi connectivity index (χ2n) is 6.45. The molecule has 2 heterocycles. The molecular weight excluding hydrogens is 383 g/mol. The lowest BCUT2D eigenvalue weighted by molar-refractivity contribution is -0.127. The van der Waals surface area contributed by atoms with E-state index >= 15 is 0 Å². The fraction of sp³-hybridized carbons (Fsp3) is 0.190. The van der Waals surface area contributed by atoms with Crippen LogP contribution >= 0.6 is 23.4 Å². The lowest BCUT2D eigenvalue weighted by Crippen LogP contribution is -2.35. The Morgan fingerprint density at radius 3 is 2.78 bits per heavy atom.